The topological polar surface area (TPSA) is 124 Å². The Kier molecular flexibility index (Phi) is 4.66. The quantitative estimate of drug-likeness (QED) is 0.481. The molecule has 1 aliphatic rings. The van der Waals surface area contributed by atoms with Gasteiger partial charge in [-0.25, -0.2) is 4.79 Å². The summed E-state index contributed by atoms with van der Waals surface area (Å²) in [5, 5.41) is 27.8. The summed E-state index contributed by atoms with van der Waals surface area (Å²) in [6.45, 7) is 3.56. The molecule has 0 aliphatic carbocycles. The summed E-state index contributed by atoms with van der Waals surface area (Å²) < 4.78 is 0. The van der Waals surface area contributed by atoms with E-state index in [0.717, 1.165) is 0 Å². The van der Waals surface area contributed by atoms with Crippen LogP contribution < -0.4 is 5.73 Å². The molecule has 104 valence electrons. The van der Waals surface area contributed by atoms with Crippen LogP contribution in [0.5, 0.6) is 0 Å². The second-order valence-corrected chi connectivity index (χ2v) is 5.00. The van der Waals surface area contributed by atoms with Crippen molar-refractivity contribution in [1.29, 1.82) is 0 Å². The van der Waals surface area contributed by atoms with E-state index < -0.39 is 36.2 Å². The van der Waals surface area contributed by atoms with Crippen molar-refractivity contribution in [2.45, 2.75) is 44.6 Å². The van der Waals surface area contributed by atoms with Crippen molar-refractivity contribution in [2.24, 2.45) is 11.7 Å². The Morgan fingerprint density at radius 3 is 2.39 bits per heavy atom. The first-order valence-corrected chi connectivity index (χ1v) is 5.90. The molecule has 1 heterocycles. The number of amides is 1. The Morgan fingerprint density at radius 2 is 1.94 bits per heavy atom. The van der Waals surface area contributed by atoms with Gasteiger partial charge in [-0.15, -0.1) is 0 Å². The van der Waals surface area contributed by atoms with E-state index in [0.29, 0.717) is 0 Å². The molecule has 0 aromatic carbocycles. The summed E-state index contributed by atoms with van der Waals surface area (Å²) in [5.41, 5.74) is 5.72. The molecule has 5 N–H and O–H groups in total. The van der Waals surface area contributed by atoms with E-state index in [1.165, 1.54) is 4.90 Å². The minimum Gasteiger partial charge on any atom is -0.479 e. The van der Waals surface area contributed by atoms with Gasteiger partial charge >= 0.3 is 5.97 Å². The third-order valence-corrected chi connectivity index (χ3v) is 3.23. The third kappa shape index (κ3) is 2.98. The molecule has 4 atom stereocenters. The summed E-state index contributed by atoms with van der Waals surface area (Å²) in [4.78, 5) is 24.0. The molecular formula is C11H20N2O5. The molecule has 0 aromatic rings. The number of nitrogens with zero attached hydrogens (tertiary/aromatic N) is 1. The fourth-order valence-corrected chi connectivity index (χ4v) is 2.04. The number of carbonyl (C=O) groups is 2. The number of carbonyl (C=O) groups excluding carboxylic acids is 1. The number of likely N-dealkylation sites (tertiary alicyclic amines) is 1. The fraction of sp³-hybridized carbons (Fsp3) is 0.818. The predicted octanol–water partition coefficient (Wildman–Crippen LogP) is -1.62. The third-order valence-electron chi connectivity index (χ3n) is 3.23. The molecule has 0 radical (unpaired) electrons. The van der Waals surface area contributed by atoms with Crippen LogP contribution in [-0.4, -0.2) is 62.9 Å². The molecule has 1 amide bonds. The van der Waals surface area contributed by atoms with Gasteiger partial charge in [-0.05, 0) is 12.3 Å². The largest absolute Gasteiger partial charge is 0.479 e. The van der Waals surface area contributed by atoms with Gasteiger partial charge in [0.25, 0.3) is 0 Å². The lowest BCUT2D eigenvalue weighted by molar-refractivity contribution is -0.152. The second kappa shape index (κ2) is 5.64. The molecule has 18 heavy (non-hydrogen) atoms. The van der Waals surface area contributed by atoms with Gasteiger partial charge in [0, 0.05) is 6.54 Å². The lowest BCUT2D eigenvalue weighted by Gasteiger charge is -2.29. The van der Waals surface area contributed by atoms with Crippen molar-refractivity contribution >= 4 is 11.9 Å². The van der Waals surface area contributed by atoms with Gasteiger partial charge in [-0.3, -0.25) is 4.79 Å². The number of carboxylic acids is 1. The summed E-state index contributed by atoms with van der Waals surface area (Å²) in [6.07, 6.45) is -2.48. The molecule has 7 nitrogen and oxygen atoms in total. The van der Waals surface area contributed by atoms with Crippen LogP contribution in [0.3, 0.4) is 0 Å². The number of rotatable bonds is 4. The maximum absolute atomic E-state index is 12.1. The van der Waals surface area contributed by atoms with Gasteiger partial charge in [0.15, 0.2) is 6.10 Å². The van der Waals surface area contributed by atoms with Crippen LogP contribution in [0.1, 0.15) is 20.3 Å². The number of hydrogen-bond acceptors (Lipinski definition) is 5. The molecule has 1 saturated heterocycles. The van der Waals surface area contributed by atoms with E-state index in [-0.39, 0.29) is 18.9 Å². The Hall–Kier alpha value is -1.18. The zero-order valence-electron chi connectivity index (χ0n) is 10.5. The lowest BCUT2D eigenvalue weighted by Crippen LogP contribution is -2.52. The normalized spacial score (nSPS) is 27.3. The number of aliphatic hydroxyl groups excluding tert-OH is 2. The molecule has 0 aromatic heterocycles. The minimum absolute atomic E-state index is 0.00819. The minimum atomic E-state index is -1.70. The zero-order valence-corrected chi connectivity index (χ0v) is 10.5. The molecule has 0 unspecified atom stereocenters. The first-order chi connectivity index (χ1) is 8.25. The molecule has 1 rings (SSSR count). The first kappa shape index (κ1) is 14.9. The summed E-state index contributed by atoms with van der Waals surface area (Å²) >= 11 is 0. The summed E-state index contributed by atoms with van der Waals surface area (Å²) in [7, 11) is 0. The van der Waals surface area contributed by atoms with E-state index in [9.17, 15) is 19.8 Å². The van der Waals surface area contributed by atoms with Crippen LogP contribution in [0.25, 0.3) is 0 Å². The molecule has 0 spiro atoms. The van der Waals surface area contributed by atoms with E-state index in [4.69, 9.17) is 10.8 Å². The number of aliphatic carboxylic acids is 1. The molecule has 0 bridgehead atoms. The van der Waals surface area contributed by atoms with Gasteiger partial charge in [-0.2, -0.15) is 0 Å². The number of nitrogens with two attached hydrogens (primary N) is 1. The van der Waals surface area contributed by atoms with Crippen molar-refractivity contribution in [3.05, 3.63) is 0 Å². The average Bonchev–Trinajstić information content (AvgIpc) is 2.67. The van der Waals surface area contributed by atoms with Crippen LogP contribution in [0.2, 0.25) is 0 Å². The van der Waals surface area contributed by atoms with E-state index in [1.807, 2.05) is 0 Å². The molecule has 7 heteroatoms. The van der Waals surface area contributed by atoms with E-state index >= 15 is 0 Å². The maximum Gasteiger partial charge on any atom is 0.334 e. The Bertz CT molecular complexity index is 333. The molecule has 1 fully saturated rings. The molecule has 1 aliphatic heterocycles. The highest BCUT2D eigenvalue weighted by Gasteiger charge is 2.42. The number of β-amino-alcohol motifs (C(OH)–C–C–N with tert-alkyl or cyclic N) is 1. The lowest BCUT2D eigenvalue weighted by atomic mass is 10.0. The van der Waals surface area contributed by atoms with Crippen LogP contribution in [0.15, 0.2) is 0 Å². The number of hydrogen-bond donors (Lipinski definition) is 4. The van der Waals surface area contributed by atoms with Crippen molar-refractivity contribution in [3.8, 4) is 0 Å². The van der Waals surface area contributed by atoms with Crippen molar-refractivity contribution in [1.82, 2.24) is 4.90 Å². The Balaban J connectivity index is 2.85. The SMILES string of the molecule is CC(C)[C@H](N)C(=O)N1C[C@H](O)C[C@H]1[C@@H](O)C(=O)O. The van der Waals surface area contributed by atoms with Gasteiger partial charge < -0.3 is 26.0 Å². The van der Waals surface area contributed by atoms with Crippen molar-refractivity contribution in [3.63, 3.8) is 0 Å². The van der Waals surface area contributed by atoms with E-state index in [1.54, 1.807) is 13.8 Å². The maximum atomic E-state index is 12.1. The van der Waals surface area contributed by atoms with Crippen LogP contribution in [0, 0.1) is 5.92 Å². The number of carboxylic acid groups (broad SMARTS) is 1. The van der Waals surface area contributed by atoms with Gasteiger partial charge in [0.2, 0.25) is 5.91 Å². The van der Waals surface area contributed by atoms with Crippen molar-refractivity contribution in [2.75, 3.05) is 6.54 Å². The van der Waals surface area contributed by atoms with Crippen LogP contribution in [-0.2, 0) is 9.59 Å². The van der Waals surface area contributed by atoms with Crippen molar-refractivity contribution < 1.29 is 24.9 Å². The smallest absolute Gasteiger partial charge is 0.334 e. The van der Waals surface area contributed by atoms with Crippen LogP contribution in [0.4, 0.5) is 0 Å². The summed E-state index contributed by atoms with van der Waals surface area (Å²) in [5.74, 6) is -1.95. The molecular weight excluding hydrogens is 240 g/mol. The highest BCUT2D eigenvalue weighted by Crippen LogP contribution is 2.22. The van der Waals surface area contributed by atoms with Gasteiger partial charge in [-0.1, -0.05) is 13.8 Å². The fourth-order valence-electron chi connectivity index (χ4n) is 2.04. The summed E-state index contributed by atoms with van der Waals surface area (Å²) in [6, 6.07) is -1.69. The predicted molar refractivity (Wildman–Crippen MR) is 62.6 cm³/mol. The Labute approximate surface area is 105 Å². The van der Waals surface area contributed by atoms with Gasteiger partial charge in [0.05, 0.1) is 18.2 Å². The van der Waals surface area contributed by atoms with E-state index in [2.05, 4.69) is 0 Å². The standard InChI is InChI=1S/C11H20N2O5/c1-5(2)8(12)10(16)13-4-6(14)3-7(13)9(15)11(17)18/h5-9,14-15H,3-4,12H2,1-2H3,(H,17,18)/t6-,7+,8+,9-/m1/s1. The Morgan fingerprint density at radius 1 is 1.39 bits per heavy atom. The van der Waals surface area contributed by atoms with Gasteiger partial charge in [0.1, 0.15) is 0 Å². The monoisotopic (exact) mass is 260 g/mol. The molecule has 0 saturated carbocycles. The first-order valence-electron chi connectivity index (χ1n) is 5.90. The second-order valence-electron chi connectivity index (χ2n) is 5.00. The average molecular weight is 260 g/mol. The highest BCUT2D eigenvalue weighted by molar-refractivity contribution is 5.84. The zero-order chi connectivity index (χ0) is 14.0. The highest BCUT2D eigenvalue weighted by atomic mass is 16.4. The number of aliphatic hydroxyl groups is 2. The van der Waals surface area contributed by atoms with Crippen LogP contribution >= 0.6 is 0 Å².